The van der Waals surface area contributed by atoms with Crippen LogP contribution in [-0.2, 0) is 6.54 Å². The highest BCUT2D eigenvalue weighted by molar-refractivity contribution is 6.33. The van der Waals surface area contributed by atoms with E-state index in [1.165, 1.54) is 23.0 Å². The lowest BCUT2D eigenvalue weighted by atomic mass is 10.2. The van der Waals surface area contributed by atoms with Crippen LogP contribution in [-0.4, -0.2) is 26.9 Å². The van der Waals surface area contributed by atoms with Crippen molar-refractivity contribution in [3.63, 3.8) is 0 Å². The molecule has 0 aliphatic rings. The highest BCUT2D eigenvalue weighted by atomic mass is 35.5. The van der Waals surface area contributed by atoms with Gasteiger partial charge in [0.2, 0.25) is 0 Å². The molecule has 0 spiro atoms. The Balaban J connectivity index is 1.62. The fraction of sp³-hybridized carbons (Fsp3) is 0.167. The Labute approximate surface area is 158 Å². The van der Waals surface area contributed by atoms with Crippen molar-refractivity contribution in [2.75, 3.05) is 6.54 Å². The molecule has 0 fully saturated rings. The van der Waals surface area contributed by atoms with Crippen molar-refractivity contribution < 1.29 is 9.72 Å². The van der Waals surface area contributed by atoms with Gasteiger partial charge in [-0.05, 0) is 24.6 Å². The SMILES string of the molecule is O=C(NCCCn1cnc2ccccc2c1=O)c1cc([N+](=O)[O-])ccc1Cl. The molecule has 3 aromatic rings. The number of amides is 1. The van der Waals surface area contributed by atoms with Crippen molar-refractivity contribution in [3.8, 4) is 0 Å². The number of non-ortho nitro benzene ring substituents is 1. The molecule has 138 valence electrons. The summed E-state index contributed by atoms with van der Waals surface area (Å²) in [5, 5.41) is 14.1. The summed E-state index contributed by atoms with van der Waals surface area (Å²) in [6.07, 6.45) is 1.96. The molecule has 1 amide bonds. The number of nitrogens with zero attached hydrogens (tertiary/aromatic N) is 3. The van der Waals surface area contributed by atoms with Crippen LogP contribution in [0, 0.1) is 10.1 Å². The normalized spacial score (nSPS) is 10.7. The van der Waals surface area contributed by atoms with E-state index >= 15 is 0 Å². The topological polar surface area (TPSA) is 107 Å². The average molecular weight is 387 g/mol. The first kappa shape index (κ1) is 18.5. The number of para-hydroxylation sites is 1. The lowest BCUT2D eigenvalue weighted by Crippen LogP contribution is -2.27. The first-order chi connectivity index (χ1) is 13.0. The number of hydrogen-bond acceptors (Lipinski definition) is 5. The smallest absolute Gasteiger partial charge is 0.270 e. The number of hydrogen-bond donors (Lipinski definition) is 1. The zero-order valence-electron chi connectivity index (χ0n) is 14.1. The Morgan fingerprint density at radius 2 is 2.04 bits per heavy atom. The zero-order valence-corrected chi connectivity index (χ0v) is 14.8. The van der Waals surface area contributed by atoms with Crippen LogP contribution in [0.25, 0.3) is 10.9 Å². The number of aromatic nitrogens is 2. The van der Waals surface area contributed by atoms with Crippen LogP contribution >= 0.6 is 11.6 Å². The van der Waals surface area contributed by atoms with Crippen LogP contribution in [0.1, 0.15) is 16.8 Å². The first-order valence-corrected chi connectivity index (χ1v) is 8.51. The zero-order chi connectivity index (χ0) is 19.4. The quantitative estimate of drug-likeness (QED) is 0.398. The maximum absolute atomic E-state index is 12.4. The highest BCUT2D eigenvalue weighted by Gasteiger charge is 2.15. The minimum atomic E-state index is -0.591. The van der Waals surface area contributed by atoms with E-state index in [2.05, 4.69) is 10.3 Å². The minimum Gasteiger partial charge on any atom is -0.352 e. The van der Waals surface area contributed by atoms with Crippen molar-refractivity contribution in [1.82, 2.24) is 14.9 Å². The molecular formula is C18H15ClN4O4. The largest absolute Gasteiger partial charge is 0.352 e. The van der Waals surface area contributed by atoms with Gasteiger partial charge in [0.25, 0.3) is 17.2 Å². The van der Waals surface area contributed by atoms with E-state index in [-0.39, 0.29) is 28.4 Å². The molecular weight excluding hydrogens is 372 g/mol. The molecule has 0 unspecified atom stereocenters. The molecule has 0 aliphatic carbocycles. The third kappa shape index (κ3) is 4.12. The van der Waals surface area contributed by atoms with Crippen molar-refractivity contribution in [3.05, 3.63) is 79.8 Å². The fourth-order valence-electron chi connectivity index (χ4n) is 2.61. The number of carbonyl (C=O) groups excluding carboxylic acids is 1. The third-order valence-electron chi connectivity index (χ3n) is 4.00. The second-order valence-corrected chi connectivity index (χ2v) is 6.20. The summed E-state index contributed by atoms with van der Waals surface area (Å²) >= 11 is 5.94. The molecule has 1 aromatic heterocycles. The summed E-state index contributed by atoms with van der Waals surface area (Å²) < 4.78 is 1.48. The fourth-order valence-corrected chi connectivity index (χ4v) is 2.82. The van der Waals surface area contributed by atoms with Gasteiger partial charge in [0.15, 0.2) is 0 Å². The number of aryl methyl sites for hydroxylation is 1. The van der Waals surface area contributed by atoms with E-state index < -0.39 is 10.8 Å². The highest BCUT2D eigenvalue weighted by Crippen LogP contribution is 2.21. The molecule has 0 atom stereocenters. The summed E-state index contributed by atoms with van der Waals surface area (Å²) in [7, 11) is 0. The van der Waals surface area contributed by atoms with Gasteiger partial charge in [0, 0.05) is 25.2 Å². The summed E-state index contributed by atoms with van der Waals surface area (Å²) in [6, 6.07) is 10.8. The van der Waals surface area contributed by atoms with Crippen LogP contribution in [0.15, 0.2) is 53.6 Å². The van der Waals surface area contributed by atoms with Gasteiger partial charge < -0.3 is 5.32 Å². The standard InChI is InChI=1S/C18H15ClN4O4/c19-15-7-6-12(23(26)27)10-14(15)17(24)20-8-3-9-22-11-21-16-5-2-1-4-13(16)18(22)25/h1-2,4-7,10-11H,3,8-9H2,(H,20,24). The van der Waals surface area contributed by atoms with Crippen LogP contribution in [0.5, 0.6) is 0 Å². The van der Waals surface area contributed by atoms with E-state index in [1.54, 1.807) is 18.2 Å². The van der Waals surface area contributed by atoms with Crippen LogP contribution in [0.2, 0.25) is 5.02 Å². The Morgan fingerprint density at radius 3 is 2.81 bits per heavy atom. The number of nitro benzene ring substituents is 1. The van der Waals surface area contributed by atoms with Crippen molar-refractivity contribution >= 4 is 34.1 Å². The van der Waals surface area contributed by atoms with Gasteiger partial charge in [0.1, 0.15) is 0 Å². The van der Waals surface area contributed by atoms with Gasteiger partial charge in [-0.2, -0.15) is 0 Å². The summed E-state index contributed by atoms with van der Waals surface area (Å²) in [6.45, 7) is 0.650. The summed E-state index contributed by atoms with van der Waals surface area (Å²) in [5.41, 5.74) is 0.315. The third-order valence-corrected chi connectivity index (χ3v) is 4.33. The summed E-state index contributed by atoms with van der Waals surface area (Å²) in [4.78, 5) is 39.0. The van der Waals surface area contributed by atoms with E-state index in [1.807, 2.05) is 6.07 Å². The molecule has 2 aromatic carbocycles. The number of nitrogens with one attached hydrogen (secondary N) is 1. The average Bonchev–Trinajstić information content (AvgIpc) is 2.67. The monoisotopic (exact) mass is 386 g/mol. The van der Waals surface area contributed by atoms with Gasteiger partial charge in [-0.15, -0.1) is 0 Å². The number of benzene rings is 2. The maximum Gasteiger partial charge on any atom is 0.270 e. The number of rotatable bonds is 6. The van der Waals surface area contributed by atoms with E-state index in [0.717, 1.165) is 6.07 Å². The maximum atomic E-state index is 12.4. The molecule has 0 saturated heterocycles. The van der Waals surface area contributed by atoms with E-state index in [4.69, 9.17) is 11.6 Å². The van der Waals surface area contributed by atoms with Crippen molar-refractivity contribution in [2.45, 2.75) is 13.0 Å². The van der Waals surface area contributed by atoms with Gasteiger partial charge in [-0.25, -0.2) is 4.98 Å². The Morgan fingerprint density at radius 1 is 1.26 bits per heavy atom. The Bertz CT molecular complexity index is 1080. The van der Waals surface area contributed by atoms with Crippen LogP contribution < -0.4 is 10.9 Å². The predicted molar refractivity (Wildman–Crippen MR) is 101 cm³/mol. The molecule has 1 N–H and O–H groups in total. The lowest BCUT2D eigenvalue weighted by Gasteiger charge is -2.08. The van der Waals surface area contributed by atoms with Crippen molar-refractivity contribution in [2.24, 2.45) is 0 Å². The van der Waals surface area contributed by atoms with Gasteiger partial charge >= 0.3 is 0 Å². The van der Waals surface area contributed by atoms with Crippen LogP contribution in [0.3, 0.4) is 0 Å². The molecule has 0 aliphatic heterocycles. The molecule has 0 saturated carbocycles. The molecule has 8 nitrogen and oxygen atoms in total. The van der Waals surface area contributed by atoms with E-state index in [9.17, 15) is 19.7 Å². The van der Waals surface area contributed by atoms with Gasteiger partial charge in [0.05, 0.1) is 32.7 Å². The number of halogens is 1. The van der Waals surface area contributed by atoms with Crippen molar-refractivity contribution in [1.29, 1.82) is 0 Å². The molecule has 27 heavy (non-hydrogen) atoms. The second-order valence-electron chi connectivity index (χ2n) is 5.79. The molecule has 0 radical (unpaired) electrons. The lowest BCUT2D eigenvalue weighted by molar-refractivity contribution is -0.384. The molecule has 1 heterocycles. The van der Waals surface area contributed by atoms with Gasteiger partial charge in [-0.3, -0.25) is 24.3 Å². The molecule has 9 heteroatoms. The van der Waals surface area contributed by atoms with Crippen LogP contribution in [0.4, 0.5) is 5.69 Å². The first-order valence-electron chi connectivity index (χ1n) is 8.13. The number of fused-ring (bicyclic) bond motifs is 1. The summed E-state index contributed by atoms with van der Waals surface area (Å²) in [5.74, 6) is -0.507. The van der Waals surface area contributed by atoms with Gasteiger partial charge in [-0.1, -0.05) is 23.7 Å². The second kappa shape index (κ2) is 7.96. The van der Waals surface area contributed by atoms with E-state index in [0.29, 0.717) is 23.9 Å². The predicted octanol–water partition coefficient (Wildman–Crippen LogP) is 2.78. The molecule has 3 rings (SSSR count). The number of nitro groups is 1. The Hall–Kier alpha value is -3.26. The molecule has 0 bridgehead atoms. The number of carbonyl (C=O) groups is 1. The Kier molecular flexibility index (Phi) is 5.46. The minimum absolute atomic E-state index is 0.0374.